The first kappa shape index (κ1) is 46.5. The number of ether oxygens (including phenoxy) is 11. The van der Waals surface area contributed by atoms with Gasteiger partial charge in [-0.1, -0.05) is 151 Å². The van der Waals surface area contributed by atoms with Gasteiger partial charge in [0.25, 0.3) is 0 Å². The summed E-state index contributed by atoms with van der Waals surface area (Å²) in [5.41, 5.74) is 6.67. The Balaban J connectivity index is 1.02. The molecule has 4 aliphatic heterocycles. The highest BCUT2D eigenvalue weighted by molar-refractivity contribution is 5.23. The Morgan fingerprint density at radius 1 is 0.574 bits per heavy atom. The highest BCUT2D eigenvalue weighted by Gasteiger charge is 2.59. The van der Waals surface area contributed by atoms with Gasteiger partial charge in [-0.05, 0) is 47.2 Å². The van der Waals surface area contributed by atoms with Crippen molar-refractivity contribution in [2.45, 2.75) is 127 Å². The average Bonchev–Trinajstić information content (AvgIpc) is 4.04. The standard InChI is InChI=1S/C54H59N3O11/c1-54(2)67-51-49(62-33-40-22-13-6-14-23-40)47(66-53(51)68-54)45-36-59-30-42-25-15-24-41(26-42)27-57-28-43(55-56-57)34-63-50-48(61-32-39-20-11-5-12-21-39)46(60-31-38-18-9-4-10-19-38)44(64-52(50)65-45)35-58-29-37-16-7-3-8-17-37/h3-26,28,44-53H,27,29-36H2,1-2H3/t44-,45-,46-,47-,48+,49+,50-,51-,52+,53-/m1/s1. The van der Waals surface area contributed by atoms with Crippen LogP contribution in [0.5, 0.6) is 0 Å². The maximum Gasteiger partial charge on any atom is 0.190 e. The van der Waals surface area contributed by atoms with Crippen molar-refractivity contribution in [1.82, 2.24) is 15.0 Å². The molecule has 0 amide bonds. The quantitative estimate of drug-likeness (QED) is 0.106. The minimum atomic E-state index is -1.07. The number of rotatable bonds is 14. The second kappa shape index (κ2) is 22.0. The van der Waals surface area contributed by atoms with Crippen LogP contribution >= 0.6 is 0 Å². The molecule has 0 radical (unpaired) electrons. The van der Waals surface area contributed by atoms with Crippen LogP contribution in [0.4, 0.5) is 0 Å². The van der Waals surface area contributed by atoms with E-state index in [-0.39, 0.29) is 33.0 Å². The fourth-order valence-corrected chi connectivity index (χ4v) is 9.19. The van der Waals surface area contributed by atoms with E-state index in [1.807, 2.05) is 154 Å². The Labute approximate surface area is 397 Å². The monoisotopic (exact) mass is 925 g/mol. The van der Waals surface area contributed by atoms with Crippen LogP contribution in [-0.4, -0.2) is 95.4 Å². The molecule has 5 heterocycles. The summed E-state index contributed by atoms with van der Waals surface area (Å²) in [6, 6.07) is 48.4. The van der Waals surface area contributed by atoms with Gasteiger partial charge in [-0.2, -0.15) is 0 Å². The van der Waals surface area contributed by atoms with E-state index in [0.717, 1.165) is 33.4 Å². The first-order valence-electron chi connectivity index (χ1n) is 23.5. The molecule has 68 heavy (non-hydrogen) atoms. The van der Waals surface area contributed by atoms with Gasteiger partial charge >= 0.3 is 0 Å². The van der Waals surface area contributed by atoms with Crippen molar-refractivity contribution in [2.24, 2.45) is 0 Å². The highest BCUT2D eigenvalue weighted by Crippen LogP contribution is 2.42. The number of fused-ring (bicyclic) bond motifs is 6. The molecular weight excluding hydrogens is 867 g/mol. The Bertz CT molecular complexity index is 2460. The molecule has 3 fully saturated rings. The zero-order valence-corrected chi connectivity index (χ0v) is 38.4. The summed E-state index contributed by atoms with van der Waals surface area (Å²) in [5, 5.41) is 8.99. The minimum absolute atomic E-state index is 0.0739. The van der Waals surface area contributed by atoms with Gasteiger partial charge in [0.15, 0.2) is 18.4 Å². The van der Waals surface area contributed by atoms with Gasteiger partial charge < -0.3 is 52.1 Å². The number of hydrogen-bond donors (Lipinski definition) is 0. The van der Waals surface area contributed by atoms with Gasteiger partial charge in [0.2, 0.25) is 0 Å². The molecule has 0 saturated carbocycles. The van der Waals surface area contributed by atoms with E-state index in [1.54, 1.807) is 4.68 Å². The molecular formula is C54H59N3O11. The van der Waals surface area contributed by atoms with Gasteiger partial charge in [0, 0.05) is 0 Å². The van der Waals surface area contributed by atoms with E-state index >= 15 is 0 Å². The summed E-state index contributed by atoms with van der Waals surface area (Å²) in [6.45, 7) is 6.09. The smallest absolute Gasteiger partial charge is 0.190 e. The lowest BCUT2D eigenvalue weighted by Crippen LogP contribution is -2.63. The first-order valence-corrected chi connectivity index (χ1v) is 23.5. The van der Waals surface area contributed by atoms with Gasteiger partial charge in [0.05, 0.1) is 65.6 Å². The van der Waals surface area contributed by atoms with Crippen molar-refractivity contribution in [3.8, 4) is 0 Å². The molecule has 6 aromatic rings. The van der Waals surface area contributed by atoms with Gasteiger partial charge in [-0.15, -0.1) is 5.10 Å². The molecule has 0 N–H and O–H groups in total. The molecule has 4 bridgehead atoms. The fourth-order valence-electron chi connectivity index (χ4n) is 9.19. The van der Waals surface area contributed by atoms with Crippen LogP contribution in [-0.2, 0) is 98.3 Å². The van der Waals surface area contributed by atoms with Crippen molar-refractivity contribution >= 4 is 0 Å². The minimum Gasteiger partial charge on any atom is -0.374 e. The average molecular weight is 926 g/mol. The zero-order chi connectivity index (χ0) is 46.1. The molecule has 3 saturated heterocycles. The van der Waals surface area contributed by atoms with Crippen molar-refractivity contribution < 1.29 is 52.1 Å². The summed E-state index contributed by atoms with van der Waals surface area (Å²) in [4.78, 5) is 0. The Kier molecular flexibility index (Phi) is 15.1. The lowest BCUT2D eigenvalue weighted by Gasteiger charge is -2.47. The van der Waals surface area contributed by atoms with Crippen LogP contribution in [0.15, 0.2) is 152 Å². The number of hydrogen-bond acceptors (Lipinski definition) is 13. The molecule has 4 aliphatic rings. The van der Waals surface area contributed by atoms with Crippen LogP contribution in [0.2, 0.25) is 0 Å². The first-order chi connectivity index (χ1) is 33.4. The summed E-state index contributed by atoms with van der Waals surface area (Å²) in [5.74, 6) is -0.893. The molecule has 14 nitrogen and oxygen atoms in total. The molecule has 14 heteroatoms. The Morgan fingerprint density at radius 3 is 1.84 bits per heavy atom. The summed E-state index contributed by atoms with van der Waals surface area (Å²) < 4.78 is 76.7. The lowest BCUT2D eigenvalue weighted by atomic mass is 9.97. The van der Waals surface area contributed by atoms with Crippen molar-refractivity contribution in [1.29, 1.82) is 0 Å². The van der Waals surface area contributed by atoms with E-state index in [4.69, 9.17) is 52.1 Å². The summed E-state index contributed by atoms with van der Waals surface area (Å²) in [6.07, 6.45) is -5.63. The lowest BCUT2D eigenvalue weighted by molar-refractivity contribution is -0.347. The molecule has 0 aliphatic carbocycles. The zero-order valence-electron chi connectivity index (χ0n) is 38.4. The fraction of sp³-hybridized carbons (Fsp3) is 0.407. The van der Waals surface area contributed by atoms with E-state index < -0.39 is 67.2 Å². The van der Waals surface area contributed by atoms with Crippen LogP contribution in [0.25, 0.3) is 0 Å². The normalized spacial score (nSPS) is 28.1. The number of benzene rings is 5. The maximum absolute atomic E-state index is 7.30. The molecule has 10 rings (SSSR count). The topological polar surface area (TPSA) is 132 Å². The molecule has 0 spiro atoms. The number of nitrogens with zero attached hydrogens (tertiary/aromatic N) is 3. The summed E-state index contributed by atoms with van der Waals surface area (Å²) >= 11 is 0. The van der Waals surface area contributed by atoms with Crippen molar-refractivity contribution in [3.63, 3.8) is 0 Å². The Hall–Kier alpha value is -5.20. The largest absolute Gasteiger partial charge is 0.374 e. The predicted molar refractivity (Wildman–Crippen MR) is 247 cm³/mol. The predicted octanol–water partition coefficient (Wildman–Crippen LogP) is 7.70. The molecule has 356 valence electrons. The molecule has 10 atom stereocenters. The second-order valence-corrected chi connectivity index (χ2v) is 18.1. The van der Waals surface area contributed by atoms with Crippen LogP contribution in [0, 0.1) is 0 Å². The SMILES string of the molecule is CC1(C)O[C@H]2O[C@H]([C@H]3COCc4cccc(c4)Cn4cc(nn4)CO[C@H]4[C@@H](O[C@H](COCc5ccccc5)[C@@H](OCc5ccccc5)[C@@H]4OCc4ccccc4)O3)[C@H](OCc3ccccc3)[C@H]2O1. The third kappa shape index (κ3) is 11.8. The molecule has 5 aromatic carbocycles. The Morgan fingerprint density at radius 2 is 1.18 bits per heavy atom. The number of aromatic nitrogens is 3. The van der Waals surface area contributed by atoms with E-state index in [1.165, 1.54) is 0 Å². The van der Waals surface area contributed by atoms with Crippen LogP contribution in [0.1, 0.15) is 52.9 Å². The van der Waals surface area contributed by atoms with Crippen molar-refractivity contribution in [3.05, 3.63) is 191 Å². The van der Waals surface area contributed by atoms with Gasteiger partial charge in [-0.25, -0.2) is 4.68 Å². The summed E-state index contributed by atoms with van der Waals surface area (Å²) in [7, 11) is 0. The highest BCUT2D eigenvalue weighted by atomic mass is 16.8. The van der Waals surface area contributed by atoms with Crippen molar-refractivity contribution in [2.75, 3.05) is 13.2 Å². The van der Waals surface area contributed by atoms with E-state index in [0.29, 0.717) is 32.1 Å². The third-order valence-corrected chi connectivity index (χ3v) is 12.4. The maximum atomic E-state index is 7.30. The second-order valence-electron chi connectivity index (χ2n) is 18.1. The van der Waals surface area contributed by atoms with E-state index in [2.05, 4.69) is 22.4 Å². The van der Waals surface area contributed by atoms with Crippen LogP contribution < -0.4 is 0 Å². The third-order valence-electron chi connectivity index (χ3n) is 12.4. The molecule has 1 aromatic heterocycles. The van der Waals surface area contributed by atoms with Gasteiger partial charge in [0.1, 0.15) is 54.5 Å². The van der Waals surface area contributed by atoms with Crippen LogP contribution in [0.3, 0.4) is 0 Å². The molecule has 0 unspecified atom stereocenters. The van der Waals surface area contributed by atoms with E-state index in [9.17, 15) is 0 Å². The van der Waals surface area contributed by atoms with Gasteiger partial charge in [-0.3, -0.25) is 0 Å².